The van der Waals surface area contributed by atoms with Crippen molar-refractivity contribution in [3.05, 3.63) is 70.8 Å². The number of ether oxygens (including phenoxy) is 2. The van der Waals surface area contributed by atoms with E-state index in [0.29, 0.717) is 35.2 Å². The first kappa shape index (κ1) is 44.8. The Kier molecular flexibility index (Phi) is 16.8. The number of alkyl carbamates (subject to hydrolysis) is 2. The Balaban J connectivity index is 0.000000880. The standard InChI is InChI=1S/C30H35N3O6.C10H21NO2/c1-29(2,3)26(33-28(38)39-30(4,5)6)27(37)32-18-25(36)23-15-11-21(12-16-23)8-7-20-9-13-22(14-10-20)24(35)17-31-19-34;1-9(2,3)7-11-8(12)13-10(4,5)6/h9-16,19,26H,17-18H2,1-6H3,(H,31,34)(H,32,37)(H,33,38);7H2,1-6H3,(H,11,12). The number of carbonyl (C=O) groups excluding carboxylic acids is 6. The van der Waals surface area contributed by atoms with Gasteiger partial charge in [-0.1, -0.05) is 77.6 Å². The zero-order chi connectivity index (χ0) is 39.9. The van der Waals surface area contributed by atoms with E-state index in [1.165, 1.54) is 0 Å². The zero-order valence-electron chi connectivity index (χ0n) is 32.7. The summed E-state index contributed by atoms with van der Waals surface area (Å²) in [5.74, 6) is 5.01. The lowest BCUT2D eigenvalue weighted by molar-refractivity contribution is -0.125. The third-order valence-electron chi connectivity index (χ3n) is 6.49. The molecule has 4 amide bonds. The second kappa shape index (κ2) is 19.4. The average molecular weight is 721 g/mol. The Hall–Kier alpha value is -5.18. The number of amides is 4. The van der Waals surface area contributed by atoms with Crippen LogP contribution in [0.4, 0.5) is 9.59 Å². The molecular weight excluding hydrogens is 664 g/mol. The normalized spacial score (nSPS) is 11.9. The van der Waals surface area contributed by atoms with E-state index in [4.69, 9.17) is 9.47 Å². The van der Waals surface area contributed by atoms with E-state index >= 15 is 0 Å². The Bertz CT molecular complexity index is 1590. The lowest BCUT2D eigenvalue weighted by atomic mass is 9.86. The van der Waals surface area contributed by atoms with Gasteiger partial charge in [0.15, 0.2) is 11.6 Å². The number of ketones is 2. The molecule has 0 radical (unpaired) electrons. The van der Waals surface area contributed by atoms with Crippen LogP contribution in [0.25, 0.3) is 0 Å². The van der Waals surface area contributed by atoms with Crippen LogP contribution in [-0.2, 0) is 19.1 Å². The summed E-state index contributed by atoms with van der Waals surface area (Å²) in [6, 6.07) is 12.5. The summed E-state index contributed by atoms with van der Waals surface area (Å²) in [6.07, 6.45) is -0.582. The number of carbonyl (C=O) groups is 6. The second-order valence-electron chi connectivity index (χ2n) is 16.3. The number of nitrogens with one attached hydrogen (secondary N) is 4. The maximum Gasteiger partial charge on any atom is 0.408 e. The fraction of sp³-hybridized carbons (Fsp3) is 0.500. The van der Waals surface area contributed by atoms with Gasteiger partial charge in [-0.05, 0) is 76.6 Å². The molecule has 1 atom stereocenters. The van der Waals surface area contributed by atoms with Crippen LogP contribution >= 0.6 is 0 Å². The number of hydrogen-bond donors (Lipinski definition) is 4. The summed E-state index contributed by atoms with van der Waals surface area (Å²) in [5.41, 5.74) is 0.606. The van der Waals surface area contributed by atoms with Crippen LogP contribution in [0.5, 0.6) is 0 Å². The largest absolute Gasteiger partial charge is 0.444 e. The van der Waals surface area contributed by atoms with Crippen LogP contribution in [-0.4, -0.2) is 72.9 Å². The Morgan fingerprint density at radius 3 is 1.44 bits per heavy atom. The van der Waals surface area contributed by atoms with Crippen molar-refractivity contribution in [2.45, 2.75) is 100 Å². The van der Waals surface area contributed by atoms with E-state index in [0.717, 1.165) is 0 Å². The molecule has 2 aromatic carbocycles. The predicted molar refractivity (Wildman–Crippen MR) is 201 cm³/mol. The molecule has 2 aromatic rings. The average Bonchev–Trinajstić information content (AvgIpc) is 3.01. The van der Waals surface area contributed by atoms with Gasteiger partial charge in [-0.2, -0.15) is 0 Å². The van der Waals surface area contributed by atoms with Gasteiger partial charge in [-0.25, -0.2) is 9.59 Å². The second-order valence-corrected chi connectivity index (χ2v) is 16.3. The molecule has 0 spiro atoms. The summed E-state index contributed by atoms with van der Waals surface area (Å²) in [7, 11) is 0. The van der Waals surface area contributed by atoms with Gasteiger partial charge in [-0.15, -0.1) is 0 Å². The molecule has 0 aliphatic rings. The first-order valence-corrected chi connectivity index (χ1v) is 17.0. The fourth-order valence-corrected chi connectivity index (χ4v) is 3.98. The van der Waals surface area contributed by atoms with Crippen LogP contribution < -0.4 is 21.3 Å². The van der Waals surface area contributed by atoms with Crippen LogP contribution in [0.15, 0.2) is 48.5 Å². The van der Waals surface area contributed by atoms with E-state index in [2.05, 4.69) is 53.9 Å². The highest BCUT2D eigenvalue weighted by atomic mass is 16.6. The van der Waals surface area contributed by atoms with Gasteiger partial charge in [0, 0.05) is 28.8 Å². The summed E-state index contributed by atoms with van der Waals surface area (Å²) in [6.45, 7) is 22.7. The van der Waals surface area contributed by atoms with Gasteiger partial charge in [0.05, 0.1) is 13.1 Å². The van der Waals surface area contributed by atoms with Crippen molar-refractivity contribution in [1.29, 1.82) is 0 Å². The van der Waals surface area contributed by atoms with Crippen molar-refractivity contribution in [2.24, 2.45) is 10.8 Å². The van der Waals surface area contributed by atoms with Crippen LogP contribution in [0.2, 0.25) is 0 Å². The predicted octanol–water partition coefficient (Wildman–Crippen LogP) is 5.81. The van der Waals surface area contributed by atoms with Gasteiger partial charge < -0.3 is 30.7 Å². The van der Waals surface area contributed by atoms with E-state index in [9.17, 15) is 28.8 Å². The van der Waals surface area contributed by atoms with E-state index in [1.807, 2.05) is 20.8 Å². The molecule has 4 N–H and O–H groups in total. The molecule has 0 saturated heterocycles. The van der Waals surface area contributed by atoms with E-state index in [-0.39, 0.29) is 36.2 Å². The quantitative estimate of drug-likeness (QED) is 0.135. The van der Waals surface area contributed by atoms with Gasteiger partial charge >= 0.3 is 12.2 Å². The number of Topliss-reactive ketones (excluding diaryl/α,β-unsaturated/α-hetero) is 2. The molecule has 284 valence electrons. The van der Waals surface area contributed by atoms with E-state index < -0.39 is 34.7 Å². The SMILES string of the molecule is CC(C)(C)CNC(=O)OC(C)(C)C.CC(C)(C)OC(=O)NC(C(=O)NCC(=O)c1ccc(C#Cc2ccc(C(=O)CNC=O)cc2)cc1)C(C)(C)C. The number of rotatable bonds is 10. The maximum absolute atomic E-state index is 12.8. The topological polar surface area (TPSA) is 169 Å². The minimum Gasteiger partial charge on any atom is -0.444 e. The van der Waals surface area contributed by atoms with Crippen LogP contribution in [0, 0.1) is 22.7 Å². The first-order valence-electron chi connectivity index (χ1n) is 17.0. The molecule has 12 nitrogen and oxygen atoms in total. The molecular formula is C40H56N4O8. The summed E-state index contributed by atoms with van der Waals surface area (Å²) < 4.78 is 10.3. The highest BCUT2D eigenvalue weighted by Gasteiger charge is 2.34. The Labute approximate surface area is 308 Å². The lowest BCUT2D eigenvalue weighted by Gasteiger charge is -2.31. The highest BCUT2D eigenvalue weighted by molar-refractivity contribution is 6.00. The summed E-state index contributed by atoms with van der Waals surface area (Å²) >= 11 is 0. The minimum atomic E-state index is -0.905. The molecule has 0 aliphatic carbocycles. The van der Waals surface area contributed by atoms with Gasteiger partial charge in [0.1, 0.15) is 17.2 Å². The van der Waals surface area contributed by atoms with Crippen LogP contribution in [0.1, 0.15) is 115 Å². The summed E-state index contributed by atoms with van der Waals surface area (Å²) in [4.78, 5) is 71.1. The number of hydrogen-bond acceptors (Lipinski definition) is 8. The Morgan fingerprint density at radius 1 is 0.635 bits per heavy atom. The monoisotopic (exact) mass is 720 g/mol. The van der Waals surface area contributed by atoms with Crippen molar-refractivity contribution >= 4 is 36.1 Å². The van der Waals surface area contributed by atoms with Crippen molar-refractivity contribution in [3.8, 4) is 11.8 Å². The molecule has 0 bridgehead atoms. The van der Waals surface area contributed by atoms with Crippen molar-refractivity contribution < 1.29 is 38.2 Å². The minimum absolute atomic E-state index is 0.0661. The highest BCUT2D eigenvalue weighted by Crippen LogP contribution is 2.20. The van der Waals surface area contributed by atoms with Crippen LogP contribution in [0.3, 0.4) is 0 Å². The van der Waals surface area contributed by atoms with Crippen molar-refractivity contribution in [3.63, 3.8) is 0 Å². The molecule has 0 saturated carbocycles. The van der Waals surface area contributed by atoms with Crippen molar-refractivity contribution in [2.75, 3.05) is 19.6 Å². The molecule has 0 aromatic heterocycles. The molecule has 2 rings (SSSR count). The molecule has 0 fully saturated rings. The van der Waals surface area contributed by atoms with E-state index in [1.54, 1.807) is 90.1 Å². The van der Waals surface area contributed by atoms with Gasteiger partial charge in [0.25, 0.3) is 0 Å². The van der Waals surface area contributed by atoms with Gasteiger partial charge in [0.2, 0.25) is 12.3 Å². The molecule has 0 aliphatic heterocycles. The summed E-state index contributed by atoms with van der Waals surface area (Å²) in [5, 5.41) is 10.3. The third-order valence-corrected chi connectivity index (χ3v) is 6.49. The number of benzene rings is 2. The zero-order valence-corrected chi connectivity index (χ0v) is 32.7. The fourth-order valence-electron chi connectivity index (χ4n) is 3.98. The van der Waals surface area contributed by atoms with Crippen molar-refractivity contribution in [1.82, 2.24) is 21.3 Å². The smallest absolute Gasteiger partial charge is 0.408 e. The molecule has 0 heterocycles. The third kappa shape index (κ3) is 19.3. The molecule has 52 heavy (non-hydrogen) atoms. The Morgan fingerprint density at radius 2 is 1.06 bits per heavy atom. The van der Waals surface area contributed by atoms with Gasteiger partial charge in [-0.3, -0.25) is 19.2 Å². The molecule has 1 unspecified atom stereocenters. The first-order chi connectivity index (χ1) is 23.8. The maximum atomic E-state index is 12.8. The lowest BCUT2D eigenvalue weighted by Crippen LogP contribution is -2.55. The molecule has 12 heteroatoms.